The molecule has 7 heteroatoms. The topological polar surface area (TPSA) is 117 Å². The van der Waals surface area contributed by atoms with E-state index in [0.29, 0.717) is 12.2 Å². The Morgan fingerprint density at radius 1 is 1.11 bits per heavy atom. The van der Waals surface area contributed by atoms with Crippen LogP contribution in [0.5, 0.6) is 5.75 Å². The third kappa shape index (κ3) is 6.31. The summed E-state index contributed by atoms with van der Waals surface area (Å²) in [6, 6.07) is 13.4. The number of aryl methyl sites for hydroxylation is 1. The first-order chi connectivity index (χ1) is 17.6. The first-order valence-electron chi connectivity index (χ1n) is 12.0. The summed E-state index contributed by atoms with van der Waals surface area (Å²) in [5.74, 6) is -0.0784. The number of benzene rings is 3. The van der Waals surface area contributed by atoms with Gasteiger partial charge < -0.3 is 20.1 Å². The van der Waals surface area contributed by atoms with Crippen LogP contribution in [0.4, 0.5) is 0 Å². The molecular formula is C30H33NO6. The van der Waals surface area contributed by atoms with Gasteiger partial charge in [-0.15, -0.1) is 0 Å². The largest absolute Gasteiger partial charge is 0.493 e. The Labute approximate surface area is 216 Å². The minimum atomic E-state index is -0.887. The number of aldehydes is 1. The van der Waals surface area contributed by atoms with E-state index >= 15 is 0 Å². The molecule has 194 valence electrons. The van der Waals surface area contributed by atoms with Crippen molar-refractivity contribution in [2.45, 2.75) is 46.1 Å². The van der Waals surface area contributed by atoms with Gasteiger partial charge in [0.05, 0.1) is 24.1 Å². The average molecular weight is 504 g/mol. The first kappa shape index (κ1) is 27.8. The van der Waals surface area contributed by atoms with Gasteiger partial charge in [-0.25, -0.2) is 0 Å². The predicted octanol–water partition coefficient (Wildman–Crippen LogP) is 5.12. The molecule has 2 heterocycles. The third-order valence-electron chi connectivity index (χ3n) is 5.80. The number of carboxylic acid groups (broad SMARTS) is 1. The van der Waals surface area contributed by atoms with E-state index in [0.717, 1.165) is 69.5 Å². The molecule has 0 saturated heterocycles. The number of hydrogen-bond donors (Lipinski definition) is 3. The van der Waals surface area contributed by atoms with Gasteiger partial charge in [0.1, 0.15) is 12.0 Å². The van der Waals surface area contributed by atoms with E-state index in [9.17, 15) is 14.7 Å². The standard InChI is InChI=1S/C25H19NO4.C4H10O.CH4O/c1-14-10-17-11-15(13-27)2-3-18(17)24(20(14)12-22(28)29)19-4-5-21-23-16(7-9-30-21)6-8-26-25(19)23;1-4(2,3)5;1-2/h2-6,8,10-11,13H,7,9,12H2,1H3,(H,28,29);5H,1-3H3;2H,1H3. The molecule has 0 fully saturated rings. The highest BCUT2D eigenvalue weighted by atomic mass is 16.5. The van der Waals surface area contributed by atoms with Gasteiger partial charge in [0, 0.05) is 36.2 Å². The van der Waals surface area contributed by atoms with Gasteiger partial charge in [0.2, 0.25) is 0 Å². The summed E-state index contributed by atoms with van der Waals surface area (Å²) in [5, 5.41) is 27.9. The van der Waals surface area contributed by atoms with E-state index in [1.807, 2.05) is 43.3 Å². The lowest BCUT2D eigenvalue weighted by atomic mass is 9.86. The van der Waals surface area contributed by atoms with Crippen LogP contribution < -0.4 is 4.74 Å². The maximum absolute atomic E-state index is 11.7. The zero-order valence-electron chi connectivity index (χ0n) is 21.8. The number of aromatic nitrogens is 1. The van der Waals surface area contributed by atoms with Crippen molar-refractivity contribution in [3.63, 3.8) is 0 Å². The van der Waals surface area contributed by atoms with Gasteiger partial charge in [-0.2, -0.15) is 0 Å². The van der Waals surface area contributed by atoms with Gasteiger partial charge >= 0.3 is 5.97 Å². The van der Waals surface area contributed by atoms with E-state index in [-0.39, 0.29) is 6.42 Å². The Bertz CT molecular complexity index is 1440. The van der Waals surface area contributed by atoms with Crippen LogP contribution >= 0.6 is 0 Å². The number of pyridine rings is 1. The molecule has 1 aliphatic heterocycles. The molecule has 7 nitrogen and oxygen atoms in total. The highest BCUT2D eigenvalue weighted by Crippen LogP contribution is 2.42. The Morgan fingerprint density at radius 2 is 1.81 bits per heavy atom. The van der Waals surface area contributed by atoms with E-state index in [1.165, 1.54) is 5.56 Å². The number of carbonyl (C=O) groups excluding carboxylic acids is 1. The fourth-order valence-corrected chi connectivity index (χ4v) is 4.47. The normalized spacial score (nSPS) is 12.1. The lowest BCUT2D eigenvalue weighted by Crippen LogP contribution is -2.10. The first-order valence-corrected chi connectivity index (χ1v) is 12.0. The van der Waals surface area contributed by atoms with Crippen molar-refractivity contribution >= 4 is 33.9 Å². The van der Waals surface area contributed by atoms with Crippen LogP contribution in [-0.4, -0.2) is 51.9 Å². The number of aliphatic carboxylic acids is 1. The van der Waals surface area contributed by atoms with Crippen LogP contribution in [-0.2, 0) is 17.6 Å². The average Bonchev–Trinajstić information content (AvgIpc) is 2.85. The molecular weight excluding hydrogens is 470 g/mol. The zero-order chi connectivity index (χ0) is 27.3. The number of rotatable bonds is 4. The van der Waals surface area contributed by atoms with E-state index < -0.39 is 11.6 Å². The minimum Gasteiger partial charge on any atom is -0.493 e. The molecule has 0 saturated carbocycles. The molecule has 0 atom stereocenters. The van der Waals surface area contributed by atoms with Crippen molar-refractivity contribution in [1.29, 1.82) is 0 Å². The molecule has 0 radical (unpaired) electrons. The fourth-order valence-electron chi connectivity index (χ4n) is 4.47. The second kappa shape index (κ2) is 11.5. The maximum atomic E-state index is 11.7. The quantitative estimate of drug-likeness (QED) is 0.331. The SMILES string of the molecule is CC(C)(C)O.CO.Cc1cc2cc(C=O)ccc2c(-c2ccc3c4c(ccnc24)CCO3)c1CC(=O)O. The van der Waals surface area contributed by atoms with E-state index in [1.54, 1.807) is 33.0 Å². The number of aliphatic hydroxyl groups is 2. The van der Waals surface area contributed by atoms with E-state index in [4.69, 9.17) is 14.9 Å². The molecule has 5 rings (SSSR count). The Kier molecular flexibility index (Phi) is 8.63. The minimum absolute atomic E-state index is 0.0913. The fraction of sp³-hybridized carbons (Fsp3) is 0.300. The van der Waals surface area contributed by atoms with Crippen LogP contribution in [0.15, 0.2) is 48.7 Å². The van der Waals surface area contributed by atoms with Gasteiger partial charge in [-0.3, -0.25) is 14.6 Å². The van der Waals surface area contributed by atoms with Gasteiger partial charge in [0.15, 0.2) is 0 Å². The Hall–Kier alpha value is -3.81. The van der Waals surface area contributed by atoms with E-state index in [2.05, 4.69) is 4.98 Å². The molecule has 1 aromatic heterocycles. The molecule has 4 aromatic rings. The summed E-state index contributed by atoms with van der Waals surface area (Å²) in [7, 11) is 1.00. The van der Waals surface area contributed by atoms with Gasteiger partial charge in [-0.05, 0) is 85.0 Å². The van der Waals surface area contributed by atoms with Crippen LogP contribution in [0.25, 0.3) is 32.8 Å². The summed E-state index contributed by atoms with van der Waals surface area (Å²) < 4.78 is 5.85. The summed E-state index contributed by atoms with van der Waals surface area (Å²) in [5.41, 5.74) is 5.44. The van der Waals surface area contributed by atoms with Crippen molar-refractivity contribution in [2.75, 3.05) is 13.7 Å². The number of carboxylic acids is 1. The molecule has 0 aliphatic carbocycles. The van der Waals surface area contributed by atoms with Crippen molar-refractivity contribution in [2.24, 2.45) is 0 Å². The van der Waals surface area contributed by atoms with Crippen LogP contribution in [0, 0.1) is 6.92 Å². The number of nitrogens with zero attached hydrogens (tertiary/aromatic N) is 1. The summed E-state index contributed by atoms with van der Waals surface area (Å²) >= 11 is 0. The molecule has 3 N–H and O–H groups in total. The lowest BCUT2D eigenvalue weighted by Gasteiger charge is -2.21. The number of ether oxygens (including phenoxy) is 1. The second-order valence-corrected chi connectivity index (χ2v) is 9.79. The Balaban J connectivity index is 0.000000489. The van der Waals surface area contributed by atoms with Crippen LogP contribution in [0.3, 0.4) is 0 Å². The Morgan fingerprint density at radius 3 is 2.46 bits per heavy atom. The lowest BCUT2D eigenvalue weighted by molar-refractivity contribution is -0.136. The van der Waals surface area contributed by atoms with Crippen molar-refractivity contribution in [3.8, 4) is 16.9 Å². The molecule has 0 unspecified atom stereocenters. The molecule has 3 aromatic carbocycles. The van der Waals surface area contributed by atoms with Crippen LogP contribution in [0.2, 0.25) is 0 Å². The third-order valence-corrected chi connectivity index (χ3v) is 5.80. The van der Waals surface area contributed by atoms with Crippen molar-refractivity contribution in [3.05, 3.63) is 70.9 Å². The number of carbonyl (C=O) groups is 2. The summed E-state index contributed by atoms with van der Waals surface area (Å²) in [4.78, 5) is 27.6. The van der Waals surface area contributed by atoms with Gasteiger partial charge in [0.25, 0.3) is 0 Å². The molecule has 37 heavy (non-hydrogen) atoms. The number of fused-ring (bicyclic) bond motifs is 1. The highest BCUT2D eigenvalue weighted by Gasteiger charge is 2.22. The van der Waals surface area contributed by atoms with Crippen LogP contribution in [0.1, 0.15) is 47.8 Å². The maximum Gasteiger partial charge on any atom is 0.307 e. The second-order valence-electron chi connectivity index (χ2n) is 9.79. The summed E-state index contributed by atoms with van der Waals surface area (Å²) in [6.07, 6.45) is 3.34. The van der Waals surface area contributed by atoms with Crippen molar-refractivity contribution in [1.82, 2.24) is 4.98 Å². The summed E-state index contributed by atoms with van der Waals surface area (Å²) in [6.45, 7) is 7.78. The highest BCUT2D eigenvalue weighted by molar-refractivity contribution is 6.09. The monoisotopic (exact) mass is 503 g/mol. The molecule has 0 spiro atoms. The zero-order valence-corrected chi connectivity index (χ0v) is 21.8. The van der Waals surface area contributed by atoms with Crippen molar-refractivity contribution < 1.29 is 29.6 Å². The van der Waals surface area contributed by atoms with Gasteiger partial charge in [-0.1, -0.05) is 18.2 Å². The smallest absolute Gasteiger partial charge is 0.307 e. The number of aliphatic hydroxyl groups excluding tert-OH is 1. The molecule has 0 bridgehead atoms. The molecule has 0 amide bonds. The molecule has 1 aliphatic rings. The predicted molar refractivity (Wildman–Crippen MR) is 145 cm³/mol. The number of hydrogen-bond acceptors (Lipinski definition) is 6.